The molecule has 146 valence electrons. The van der Waals surface area contributed by atoms with Crippen molar-refractivity contribution in [2.24, 2.45) is 0 Å². The van der Waals surface area contributed by atoms with Crippen LogP contribution in [0.1, 0.15) is 13.8 Å². The van der Waals surface area contributed by atoms with Crippen LogP contribution in [0, 0.1) is 0 Å². The molecule has 3 aromatic rings. The van der Waals surface area contributed by atoms with Gasteiger partial charge in [-0.1, -0.05) is 30.3 Å². The van der Waals surface area contributed by atoms with Gasteiger partial charge >= 0.3 is 0 Å². The van der Waals surface area contributed by atoms with E-state index in [2.05, 4.69) is 25.3 Å². The van der Waals surface area contributed by atoms with Crippen LogP contribution in [-0.2, 0) is 10.0 Å². The van der Waals surface area contributed by atoms with Crippen LogP contribution in [0.4, 0.5) is 23.0 Å². The lowest BCUT2D eigenvalue weighted by Crippen LogP contribution is -2.13. The highest BCUT2D eigenvalue weighted by atomic mass is 32.2. The highest BCUT2D eigenvalue weighted by Crippen LogP contribution is 2.29. The van der Waals surface area contributed by atoms with Gasteiger partial charge in [0, 0.05) is 23.4 Å². The third-order valence-corrected chi connectivity index (χ3v) is 4.26. The van der Waals surface area contributed by atoms with Crippen molar-refractivity contribution in [3.63, 3.8) is 0 Å². The summed E-state index contributed by atoms with van der Waals surface area (Å²) in [4.78, 5) is 9.18. The minimum Gasteiger partial charge on any atom is -0.368 e. The predicted molar refractivity (Wildman–Crippen MR) is 114 cm³/mol. The van der Waals surface area contributed by atoms with Crippen molar-refractivity contribution < 1.29 is 8.42 Å². The first-order chi connectivity index (χ1) is 13.3. The first kappa shape index (κ1) is 19.6. The molecule has 0 bridgehead atoms. The quantitative estimate of drug-likeness (QED) is 0.556. The van der Waals surface area contributed by atoms with Crippen molar-refractivity contribution in [3.05, 3.63) is 60.7 Å². The van der Waals surface area contributed by atoms with Crippen LogP contribution in [0.25, 0.3) is 11.4 Å². The van der Waals surface area contributed by atoms with Gasteiger partial charge in [0.1, 0.15) is 11.6 Å². The van der Waals surface area contributed by atoms with Crippen LogP contribution in [0.3, 0.4) is 0 Å². The average molecular weight is 398 g/mol. The number of anilines is 4. The number of nitrogens with zero attached hydrogens (tertiary/aromatic N) is 2. The van der Waals surface area contributed by atoms with Crippen molar-refractivity contribution in [2.45, 2.75) is 19.9 Å². The SMILES string of the molecule is CC(C)Nc1cc(Nc2ccccc2)nc(-c2ccccc2NS(C)(=O)=O)n1. The molecule has 0 aliphatic rings. The van der Waals surface area contributed by atoms with Crippen LogP contribution in [0.5, 0.6) is 0 Å². The molecular formula is C20H23N5O2S. The van der Waals surface area contributed by atoms with E-state index in [9.17, 15) is 8.42 Å². The molecule has 1 heterocycles. The summed E-state index contributed by atoms with van der Waals surface area (Å²) >= 11 is 0. The number of para-hydroxylation sites is 2. The molecular weight excluding hydrogens is 374 g/mol. The highest BCUT2D eigenvalue weighted by Gasteiger charge is 2.14. The van der Waals surface area contributed by atoms with Gasteiger partial charge < -0.3 is 10.6 Å². The van der Waals surface area contributed by atoms with Crippen molar-refractivity contribution in [1.29, 1.82) is 0 Å². The summed E-state index contributed by atoms with van der Waals surface area (Å²) in [5, 5.41) is 6.54. The molecule has 0 unspecified atom stereocenters. The topological polar surface area (TPSA) is 96.0 Å². The Morgan fingerprint density at radius 3 is 2.21 bits per heavy atom. The first-order valence-electron chi connectivity index (χ1n) is 8.85. The van der Waals surface area contributed by atoms with Gasteiger partial charge in [0.25, 0.3) is 0 Å². The molecule has 3 rings (SSSR count). The molecule has 0 fully saturated rings. The fourth-order valence-corrected chi connectivity index (χ4v) is 3.22. The van der Waals surface area contributed by atoms with E-state index < -0.39 is 10.0 Å². The Hall–Kier alpha value is -3.13. The van der Waals surface area contributed by atoms with Crippen molar-refractivity contribution in [1.82, 2.24) is 9.97 Å². The molecule has 0 aliphatic heterocycles. The van der Waals surface area contributed by atoms with Gasteiger partial charge in [0.15, 0.2) is 5.82 Å². The monoisotopic (exact) mass is 397 g/mol. The van der Waals surface area contributed by atoms with E-state index in [-0.39, 0.29) is 6.04 Å². The number of hydrogen-bond donors (Lipinski definition) is 3. The highest BCUT2D eigenvalue weighted by molar-refractivity contribution is 7.92. The molecule has 0 amide bonds. The van der Waals surface area contributed by atoms with Crippen molar-refractivity contribution in [2.75, 3.05) is 21.6 Å². The summed E-state index contributed by atoms with van der Waals surface area (Å²) in [7, 11) is -3.43. The molecule has 0 radical (unpaired) electrons. The van der Waals surface area contributed by atoms with Crippen molar-refractivity contribution >= 4 is 33.0 Å². The number of hydrogen-bond acceptors (Lipinski definition) is 6. The molecule has 2 aromatic carbocycles. The predicted octanol–water partition coefficient (Wildman–Crippen LogP) is 4.08. The lowest BCUT2D eigenvalue weighted by atomic mass is 10.1. The van der Waals surface area contributed by atoms with Crippen LogP contribution >= 0.6 is 0 Å². The number of sulfonamides is 1. The molecule has 0 spiro atoms. The average Bonchev–Trinajstić information content (AvgIpc) is 2.61. The minimum atomic E-state index is -3.43. The van der Waals surface area contributed by atoms with Crippen LogP contribution in [-0.4, -0.2) is 30.7 Å². The van der Waals surface area contributed by atoms with Gasteiger partial charge in [0.05, 0.1) is 11.9 Å². The van der Waals surface area contributed by atoms with E-state index in [0.29, 0.717) is 28.7 Å². The zero-order chi connectivity index (χ0) is 20.1. The Kier molecular flexibility index (Phi) is 5.79. The first-order valence-corrected chi connectivity index (χ1v) is 10.7. The Balaban J connectivity index is 2.06. The molecule has 0 saturated carbocycles. The largest absolute Gasteiger partial charge is 0.368 e. The summed E-state index contributed by atoms with van der Waals surface area (Å²) in [6.07, 6.45) is 1.11. The maximum absolute atomic E-state index is 11.7. The summed E-state index contributed by atoms with van der Waals surface area (Å²) in [6, 6.07) is 18.7. The molecule has 0 aliphatic carbocycles. The van der Waals surface area contributed by atoms with Crippen LogP contribution in [0.2, 0.25) is 0 Å². The van der Waals surface area contributed by atoms with E-state index in [0.717, 1.165) is 11.9 Å². The molecule has 7 nitrogen and oxygen atoms in total. The van der Waals surface area contributed by atoms with Gasteiger partial charge in [-0.2, -0.15) is 0 Å². The third-order valence-electron chi connectivity index (χ3n) is 3.67. The van der Waals surface area contributed by atoms with Crippen LogP contribution < -0.4 is 15.4 Å². The Bertz CT molecular complexity index is 1050. The van der Waals surface area contributed by atoms with E-state index in [4.69, 9.17) is 0 Å². The van der Waals surface area contributed by atoms with Crippen LogP contribution in [0.15, 0.2) is 60.7 Å². The number of nitrogens with one attached hydrogen (secondary N) is 3. The van der Waals surface area contributed by atoms with Gasteiger partial charge in [-0.25, -0.2) is 18.4 Å². The lowest BCUT2D eigenvalue weighted by molar-refractivity contribution is 0.607. The molecule has 1 aromatic heterocycles. The summed E-state index contributed by atoms with van der Waals surface area (Å²) < 4.78 is 26.0. The molecule has 8 heteroatoms. The normalized spacial score (nSPS) is 11.3. The maximum Gasteiger partial charge on any atom is 0.229 e. The Morgan fingerprint density at radius 2 is 1.54 bits per heavy atom. The van der Waals surface area contributed by atoms with Gasteiger partial charge in [0.2, 0.25) is 10.0 Å². The number of aromatic nitrogens is 2. The molecule has 28 heavy (non-hydrogen) atoms. The van der Waals surface area contributed by atoms with E-state index in [1.807, 2.05) is 56.3 Å². The van der Waals surface area contributed by atoms with Crippen molar-refractivity contribution in [3.8, 4) is 11.4 Å². The zero-order valence-corrected chi connectivity index (χ0v) is 16.8. The zero-order valence-electron chi connectivity index (χ0n) is 16.0. The maximum atomic E-state index is 11.7. The molecule has 3 N–H and O–H groups in total. The fraction of sp³-hybridized carbons (Fsp3) is 0.200. The second kappa shape index (κ2) is 8.26. The summed E-state index contributed by atoms with van der Waals surface area (Å²) in [5.74, 6) is 1.66. The third kappa shape index (κ3) is 5.43. The summed E-state index contributed by atoms with van der Waals surface area (Å²) in [5.41, 5.74) is 1.92. The second-order valence-corrected chi connectivity index (χ2v) is 8.42. The van der Waals surface area contributed by atoms with E-state index in [1.54, 1.807) is 18.2 Å². The molecule has 0 atom stereocenters. The van der Waals surface area contributed by atoms with Gasteiger partial charge in [-0.15, -0.1) is 0 Å². The van der Waals surface area contributed by atoms with E-state index in [1.165, 1.54) is 0 Å². The fourth-order valence-electron chi connectivity index (χ4n) is 2.64. The molecule has 0 saturated heterocycles. The Morgan fingerprint density at radius 1 is 0.893 bits per heavy atom. The van der Waals surface area contributed by atoms with E-state index >= 15 is 0 Å². The standard InChI is InChI=1S/C20H23N5O2S/c1-14(2)21-18-13-19(22-15-9-5-4-6-10-15)24-20(23-18)16-11-7-8-12-17(16)25-28(3,26)27/h4-14,25H,1-3H3,(H2,21,22,23,24). The lowest BCUT2D eigenvalue weighted by Gasteiger charge is -2.15. The smallest absolute Gasteiger partial charge is 0.229 e. The minimum absolute atomic E-state index is 0.178. The van der Waals surface area contributed by atoms with Gasteiger partial charge in [-0.05, 0) is 38.1 Å². The Labute approximate surface area is 165 Å². The number of rotatable bonds is 7. The van der Waals surface area contributed by atoms with Gasteiger partial charge in [-0.3, -0.25) is 4.72 Å². The second-order valence-electron chi connectivity index (χ2n) is 6.67. The number of benzene rings is 2. The summed E-state index contributed by atoms with van der Waals surface area (Å²) in [6.45, 7) is 4.04.